The minimum absolute atomic E-state index is 0.0807. The summed E-state index contributed by atoms with van der Waals surface area (Å²) in [6.07, 6.45) is 21.4. The van der Waals surface area contributed by atoms with Crippen LogP contribution in [0.15, 0.2) is 59.5 Å². The Hall–Kier alpha value is -3.73. The van der Waals surface area contributed by atoms with E-state index < -0.39 is 26.8 Å². The topological polar surface area (TPSA) is 145 Å². The van der Waals surface area contributed by atoms with Gasteiger partial charge in [0.1, 0.15) is 0 Å². The molecule has 0 saturated heterocycles. The first kappa shape index (κ1) is 36.5. The first-order valence-corrected chi connectivity index (χ1v) is 17.1. The number of benzene rings is 2. The fourth-order valence-electron chi connectivity index (χ4n) is 4.69. The maximum atomic E-state index is 12.9. The molecule has 0 unspecified atom stereocenters. The molecule has 0 aromatic heterocycles. The normalized spacial score (nSPS) is 11.4. The molecule has 242 valence electrons. The van der Waals surface area contributed by atoms with Crippen molar-refractivity contribution >= 4 is 33.3 Å². The summed E-state index contributed by atoms with van der Waals surface area (Å²) >= 11 is 0. The highest BCUT2D eigenvalue weighted by Gasteiger charge is 2.22. The number of allylic oxidation sites excluding steroid dienone is 2. The molecule has 0 radical (unpaired) electrons. The SMILES string of the molecule is CCCCCCCC/C=C\CCCCCCCCNC(=O)c1ccc(C(=O)OC)c(NS(=O)(=O)c2ccc([N+](=O)[O-])cc2)c1. The highest BCUT2D eigenvalue weighted by atomic mass is 32.2. The molecule has 0 saturated carbocycles. The second kappa shape index (κ2) is 20.3. The summed E-state index contributed by atoms with van der Waals surface area (Å²) in [4.78, 5) is 35.0. The number of ether oxygens (including phenoxy) is 1. The maximum Gasteiger partial charge on any atom is 0.339 e. The number of non-ortho nitro benzene ring substituents is 1. The number of anilines is 1. The molecule has 0 bridgehead atoms. The molecule has 2 rings (SSSR count). The maximum absolute atomic E-state index is 12.9. The number of nitrogens with zero attached hydrogens (tertiary/aromatic N) is 1. The standard InChI is InChI=1S/C33H47N3O7S/c1-3-4-5-6-7-8-9-10-11-12-13-14-15-16-17-18-25-34-32(37)27-19-24-30(33(38)43-2)31(26-27)35-44(41,42)29-22-20-28(21-23-29)36(39)40/h10-11,19-24,26,35H,3-9,12-18,25H2,1-2H3,(H,34,37)/b11-10-. The van der Waals surface area contributed by atoms with Crippen molar-refractivity contribution in [2.45, 2.75) is 102 Å². The summed E-state index contributed by atoms with van der Waals surface area (Å²) in [5.74, 6) is -1.19. The fourth-order valence-corrected chi connectivity index (χ4v) is 5.76. The van der Waals surface area contributed by atoms with Crippen LogP contribution in [0.5, 0.6) is 0 Å². The number of nitro groups is 1. The number of sulfonamides is 1. The number of carbonyl (C=O) groups excluding carboxylic acids is 2. The summed E-state index contributed by atoms with van der Waals surface area (Å²) in [6, 6.07) is 8.32. The van der Waals surface area contributed by atoms with Crippen molar-refractivity contribution in [1.82, 2.24) is 5.32 Å². The number of nitro benzene ring substituents is 1. The van der Waals surface area contributed by atoms with Gasteiger partial charge in [0.25, 0.3) is 21.6 Å². The zero-order chi connectivity index (χ0) is 32.2. The Kier molecular flexibility index (Phi) is 16.8. The van der Waals surface area contributed by atoms with Gasteiger partial charge in [-0.3, -0.25) is 19.6 Å². The molecule has 0 aliphatic carbocycles. The van der Waals surface area contributed by atoms with E-state index in [1.165, 1.54) is 76.0 Å². The number of hydrogen-bond donors (Lipinski definition) is 2. The fraction of sp³-hybridized carbons (Fsp3) is 0.515. The van der Waals surface area contributed by atoms with Gasteiger partial charge in [0.15, 0.2) is 0 Å². The number of hydrogen-bond acceptors (Lipinski definition) is 7. The molecule has 44 heavy (non-hydrogen) atoms. The molecule has 0 fully saturated rings. The van der Waals surface area contributed by atoms with Gasteiger partial charge in [0.2, 0.25) is 0 Å². The van der Waals surface area contributed by atoms with Crippen LogP contribution in [0, 0.1) is 10.1 Å². The molecular weight excluding hydrogens is 582 g/mol. The minimum Gasteiger partial charge on any atom is -0.465 e. The van der Waals surface area contributed by atoms with Crippen LogP contribution in [0.4, 0.5) is 11.4 Å². The van der Waals surface area contributed by atoms with Gasteiger partial charge in [-0.1, -0.05) is 76.9 Å². The summed E-state index contributed by atoms with van der Waals surface area (Å²) < 4.78 is 32.9. The molecule has 2 aromatic carbocycles. The van der Waals surface area contributed by atoms with Crippen LogP contribution >= 0.6 is 0 Å². The Morgan fingerprint density at radius 3 is 1.98 bits per heavy atom. The Bertz CT molecular complexity index is 1330. The predicted octanol–water partition coefficient (Wildman–Crippen LogP) is 7.95. The molecule has 2 aromatic rings. The van der Waals surface area contributed by atoms with Crippen molar-refractivity contribution in [3.8, 4) is 0 Å². The third-order valence-electron chi connectivity index (χ3n) is 7.26. The molecule has 0 atom stereocenters. The van der Waals surface area contributed by atoms with Crippen molar-refractivity contribution in [1.29, 1.82) is 0 Å². The monoisotopic (exact) mass is 629 g/mol. The number of methoxy groups -OCH3 is 1. The molecule has 11 heteroatoms. The Labute approximate surface area is 261 Å². The highest BCUT2D eigenvalue weighted by molar-refractivity contribution is 7.92. The van der Waals surface area contributed by atoms with Gasteiger partial charge in [-0.05, 0) is 62.4 Å². The van der Waals surface area contributed by atoms with Crippen LogP contribution in [-0.2, 0) is 14.8 Å². The summed E-state index contributed by atoms with van der Waals surface area (Å²) in [5, 5.41) is 13.7. The van der Waals surface area contributed by atoms with Crippen molar-refractivity contribution < 1.29 is 27.7 Å². The van der Waals surface area contributed by atoms with Gasteiger partial charge < -0.3 is 10.1 Å². The number of nitrogens with one attached hydrogen (secondary N) is 2. The van der Waals surface area contributed by atoms with Crippen molar-refractivity contribution in [3.05, 3.63) is 75.9 Å². The zero-order valence-corrected chi connectivity index (χ0v) is 26.8. The quantitative estimate of drug-likeness (QED) is 0.0442. The van der Waals surface area contributed by atoms with Crippen LogP contribution in [0.1, 0.15) is 118 Å². The van der Waals surface area contributed by atoms with Crippen LogP contribution in [0.25, 0.3) is 0 Å². The third-order valence-corrected chi connectivity index (χ3v) is 8.64. The lowest BCUT2D eigenvalue weighted by molar-refractivity contribution is -0.384. The molecule has 0 spiro atoms. The summed E-state index contributed by atoms with van der Waals surface area (Å²) in [5.41, 5.74) is -0.314. The molecule has 0 heterocycles. The largest absolute Gasteiger partial charge is 0.465 e. The lowest BCUT2D eigenvalue weighted by atomic mass is 10.1. The van der Waals surface area contributed by atoms with E-state index in [0.717, 1.165) is 63.5 Å². The zero-order valence-electron chi connectivity index (χ0n) is 26.0. The van der Waals surface area contributed by atoms with Crippen molar-refractivity contribution in [2.24, 2.45) is 0 Å². The van der Waals surface area contributed by atoms with Crippen LogP contribution in [-0.4, -0.2) is 38.9 Å². The van der Waals surface area contributed by atoms with Gasteiger partial charge in [-0.15, -0.1) is 0 Å². The molecule has 2 N–H and O–H groups in total. The molecule has 10 nitrogen and oxygen atoms in total. The Morgan fingerprint density at radius 1 is 0.841 bits per heavy atom. The third kappa shape index (κ3) is 13.3. The average Bonchev–Trinajstić information content (AvgIpc) is 3.01. The second-order valence-corrected chi connectivity index (χ2v) is 12.5. The Balaban J connectivity index is 1.76. The summed E-state index contributed by atoms with van der Waals surface area (Å²) in [7, 11) is -3.06. The minimum atomic E-state index is -4.22. The molecule has 1 amide bonds. The van der Waals surface area contributed by atoms with E-state index in [4.69, 9.17) is 4.74 Å². The first-order chi connectivity index (χ1) is 21.2. The Morgan fingerprint density at radius 2 is 1.41 bits per heavy atom. The van der Waals surface area contributed by atoms with Gasteiger partial charge >= 0.3 is 5.97 Å². The lowest BCUT2D eigenvalue weighted by Crippen LogP contribution is -2.25. The predicted molar refractivity (Wildman–Crippen MR) is 173 cm³/mol. The number of amides is 1. The van der Waals surface area contributed by atoms with E-state index in [2.05, 4.69) is 29.1 Å². The number of unbranched alkanes of at least 4 members (excludes halogenated alkanes) is 12. The molecule has 0 aliphatic rings. The number of rotatable bonds is 22. The number of carbonyl (C=O) groups is 2. The lowest BCUT2D eigenvalue weighted by Gasteiger charge is -2.13. The van der Waals surface area contributed by atoms with Gasteiger partial charge in [-0.25, -0.2) is 13.2 Å². The van der Waals surface area contributed by atoms with Crippen molar-refractivity contribution in [3.63, 3.8) is 0 Å². The highest BCUT2D eigenvalue weighted by Crippen LogP contribution is 2.24. The van der Waals surface area contributed by atoms with Crippen LogP contribution in [0.3, 0.4) is 0 Å². The second-order valence-electron chi connectivity index (χ2n) is 10.8. The first-order valence-electron chi connectivity index (χ1n) is 15.6. The average molecular weight is 630 g/mol. The smallest absolute Gasteiger partial charge is 0.339 e. The molecular formula is C33H47N3O7S. The van der Waals surface area contributed by atoms with Crippen LogP contribution in [0.2, 0.25) is 0 Å². The van der Waals surface area contributed by atoms with E-state index in [1.54, 1.807) is 0 Å². The van der Waals surface area contributed by atoms with E-state index >= 15 is 0 Å². The van der Waals surface area contributed by atoms with E-state index in [0.29, 0.717) is 6.54 Å². The van der Waals surface area contributed by atoms with Crippen LogP contribution < -0.4 is 10.0 Å². The van der Waals surface area contributed by atoms with E-state index in [-0.39, 0.29) is 27.4 Å². The van der Waals surface area contributed by atoms with Crippen molar-refractivity contribution in [2.75, 3.05) is 18.4 Å². The van der Waals surface area contributed by atoms with Gasteiger partial charge in [-0.2, -0.15) is 0 Å². The van der Waals surface area contributed by atoms with E-state index in [1.807, 2.05) is 0 Å². The van der Waals surface area contributed by atoms with Gasteiger partial charge in [0.05, 0.1) is 28.2 Å². The van der Waals surface area contributed by atoms with Gasteiger partial charge in [0, 0.05) is 24.2 Å². The number of esters is 1. The summed E-state index contributed by atoms with van der Waals surface area (Å²) in [6.45, 7) is 2.72. The van der Waals surface area contributed by atoms with E-state index in [9.17, 15) is 28.1 Å². The molecule has 0 aliphatic heterocycles.